The second-order valence-electron chi connectivity index (χ2n) is 4.96. The van der Waals surface area contributed by atoms with Gasteiger partial charge < -0.3 is 4.90 Å². The van der Waals surface area contributed by atoms with E-state index in [-0.39, 0.29) is 5.91 Å². The smallest absolute Gasteiger partial charge is 0.267 e. The maximum Gasteiger partial charge on any atom is 0.267 e. The van der Waals surface area contributed by atoms with Crippen molar-refractivity contribution >= 4 is 44.7 Å². The molecule has 3 rings (SSSR count). The van der Waals surface area contributed by atoms with Crippen LogP contribution in [-0.4, -0.2) is 51.5 Å². The zero-order valence-electron chi connectivity index (χ0n) is 11.6. The molecule has 2 aromatic heterocycles. The average Bonchev–Trinajstić information content (AvgIpc) is 3.08. The average molecular weight is 387 g/mol. The molecule has 0 unspecified atom stereocenters. The molecule has 1 aliphatic heterocycles. The summed E-state index contributed by atoms with van der Waals surface area (Å²) in [4.78, 5) is 18.7. The summed E-state index contributed by atoms with van der Waals surface area (Å²) >= 11 is 6.45. The van der Waals surface area contributed by atoms with Crippen molar-refractivity contribution in [1.29, 1.82) is 0 Å². The molecule has 5 nitrogen and oxygen atoms in total. The van der Waals surface area contributed by atoms with Crippen molar-refractivity contribution < 1.29 is 4.79 Å². The third-order valence-electron chi connectivity index (χ3n) is 3.51. The first-order valence-corrected chi connectivity index (χ1v) is 9.06. The van der Waals surface area contributed by atoms with Crippen LogP contribution in [0.1, 0.15) is 20.2 Å². The highest BCUT2D eigenvalue weighted by Gasteiger charge is 2.25. The van der Waals surface area contributed by atoms with Crippen molar-refractivity contribution in [2.75, 3.05) is 26.2 Å². The highest BCUT2D eigenvalue weighted by molar-refractivity contribution is 9.11. The van der Waals surface area contributed by atoms with Crippen LogP contribution in [0.4, 0.5) is 0 Å². The molecule has 1 fully saturated rings. The third-order valence-corrected chi connectivity index (χ3v) is 5.94. The summed E-state index contributed by atoms with van der Waals surface area (Å²) in [7, 11) is 0. The van der Waals surface area contributed by atoms with Crippen LogP contribution in [0.15, 0.2) is 15.9 Å². The molecule has 0 aromatic carbocycles. The molecule has 3 heterocycles. The molecule has 0 atom stereocenters. The van der Waals surface area contributed by atoms with Gasteiger partial charge in [-0.1, -0.05) is 4.49 Å². The lowest BCUT2D eigenvalue weighted by atomic mass is 10.2. The molecule has 0 spiro atoms. The van der Waals surface area contributed by atoms with Crippen molar-refractivity contribution in [3.8, 4) is 0 Å². The first kappa shape index (κ1) is 15.1. The maximum absolute atomic E-state index is 12.4. The number of halogens is 1. The molecular weight excluding hydrogens is 372 g/mol. The van der Waals surface area contributed by atoms with E-state index in [1.165, 1.54) is 20.2 Å². The van der Waals surface area contributed by atoms with Gasteiger partial charge >= 0.3 is 0 Å². The van der Waals surface area contributed by atoms with Crippen LogP contribution in [-0.2, 0) is 6.54 Å². The molecule has 8 heteroatoms. The third kappa shape index (κ3) is 3.50. The summed E-state index contributed by atoms with van der Waals surface area (Å²) in [6.45, 7) is 6.14. The number of rotatable bonds is 3. The maximum atomic E-state index is 12.4. The minimum absolute atomic E-state index is 0.0704. The van der Waals surface area contributed by atoms with E-state index in [9.17, 15) is 4.79 Å². The Balaban J connectivity index is 1.55. The first-order chi connectivity index (χ1) is 10.1. The Hall–Kier alpha value is -0.830. The Labute approximate surface area is 139 Å². The molecule has 21 heavy (non-hydrogen) atoms. The minimum Gasteiger partial charge on any atom is -0.335 e. The van der Waals surface area contributed by atoms with E-state index < -0.39 is 0 Å². The second kappa shape index (κ2) is 6.51. The van der Waals surface area contributed by atoms with E-state index in [0.29, 0.717) is 4.88 Å². The van der Waals surface area contributed by atoms with Gasteiger partial charge in [0.2, 0.25) is 0 Å². The molecule has 0 N–H and O–H groups in total. The van der Waals surface area contributed by atoms with Crippen LogP contribution in [0.3, 0.4) is 0 Å². The molecular formula is C13H15BrN4OS2. The Kier molecular flexibility index (Phi) is 4.68. The van der Waals surface area contributed by atoms with Gasteiger partial charge in [0.15, 0.2) is 0 Å². The van der Waals surface area contributed by atoms with Gasteiger partial charge in [0.25, 0.3) is 5.91 Å². The van der Waals surface area contributed by atoms with Gasteiger partial charge in [0.05, 0.1) is 9.48 Å². The van der Waals surface area contributed by atoms with Crippen LogP contribution in [0, 0.1) is 6.92 Å². The van der Waals surface area contributed by atoms with E-state index >= 15 is 0 Å². The normalized spacial score (nSPS) is 16.4. The minimum atomic E-state index is 0.0704. The molecule has 1 saturated heterocycles. The van der Waals surface area contributed by atoms with E-state index in [0.717, 1.165) is 38.4 Å². The number of piperazine rings is 1. The Morgan fingerprint density at radius 3 is 2.67 bits per heavy atom. The Morgan fingerprint density at radius 1 is 1.33 bits per heavy atom. The summed E-state index contributed by atoms with van der Waals surface area (Å²) < 4.78 is 5.01. The fraction of sp³-hybridized carbons (Fsp3) is 0.462. The van der Waals surface area contributed by atoms with E-state index in [4.69, 9.17) is 0 Å². The number of hydrogen-bond donors (Lipinski definition) is 0. The molecule has 1 amide bonds. The molecule has 1 aliphatic rings. The molecule has 0 bridgehead atoms. The molecule has 112 valence electrons. The lowest BCUT2D eigenvalue weighted by molar-refractivity contribution is 0.0633. The lowest BCUT2D eigenvalue weighted by Gasteiger charge is -2.34. The number of carbonyl (C=O) groups is 1. The van der Waals surface area contributed by atoms with Gasteiger partial charge in [-0.25, -0.2) is 0 Å². The van der Waals surface area contributed by atoms with Gasteiger partial charge in [0.1, 0.15) is 4.88 Å². The highest BCUT2D eigenvalue weighted by Crippen LogP contribution is 2.24. The lowest BCUT2D eigenvalue weighted by Crippen LogP contribution is -2.48. The van der Waals surface area contributed by atoms with Gasteiger partial charge in [-0.15, -0.1) is 16.4 Å². The van der Waals surface area contributed by atoms with Crippen molar-refractivity contribution in [1.82, 2.24) is 19.4 Å². The van der Waals surface area contributed by atoms with E-state index in [1.807, 2.05) is 11.8 Å². The zero-order valence-corrected chi connectivity index (χ0v) is 14.8. The van der Waals surface area contributed by atoms with Crippen LogP contribution in [0.2, 0.25) is 0 Å². The number of amides is 1. The van der Waals surface area contributed by atoms with Crippen LogP contribution >= 0.6 is 38.8 Å². The summed E-state index contributed by atoms with van der Waals surface area (Å²) in [6, 6.07) is 4.23. The van der Waals surface area contributed by atoms with Crippen molar-refractivity contribution in [2.24, 2.45) is 0 Å². The fourth-order valence-corrected chi connectivity index (χ4v) is 4.49. The highest BCUT2D eigenvalue weighted by atomic mass is 79.9. The topological polar surface area (TPSA) is 49.3 Å². The van der Waals surface area contributed by atoms with Crippen molar-refractivity contribution in [3.05, 3.63) is 31.4 Å². The largest absolute Gasteiger partial charge is 0.335 e. The van der Waals surface area contributed by atoms with Gasteiger partial charge in [-0.3, -0.25) is 9.69 Å². The van der Waals surface area contributed by atoms with Gasteiger partial charge in [-0.05, 0) is 46.5 Å². The van der Waals surface area contributed by atoms with Crippen LogP contribution in [0.25, 0.3) is 0 Å². The van der Waals surface area contributed by atoms with Crippen molar-refractivity contribution in [2.45, 2.75) is 13.5 Å². The number of hydrogen-bond acceptors (Lipinski definition) is 6. The fourth-order valence-electron chi connectivity index (χ4n) is 2.34. The molecule has 0 radical (unpaired) electrons. The summed E-state index contributed by atoms with van der Waals surface area (Å²) in [6.07, 6.45) is 0. The Bertz CT molecular complexity index is 634. The van der Waals surface area contributed by atoms with Gasteiger partial charge in [0, 0.05) is 37.6 Å². The van der Waals surface area contributed by atoms with Gasteiger partial charge in [-0.2, -0.15) is 0 Å². The van der Waals surface area contributed by atoms with E-state index in [2.05, 4.69) is 42.5 Å². The standard InChI is InChI=1S/C13H15BrN4OS2/c1-9-12(21-16-15-9)13(19)18-6-4-17(5-7-18)8-10-2-3-11(14)20-10/h2-3H,4-8H2,1H3. The first-order valence-electron chi connectivity index (χ1n) is 6.68. The second-order valence-corrected chi connectivity index (χ2v) is 8.26. The summed E-state index contributed by atoms with van der Waals surface area (Å²) in [5, 5.41) is 3.91. The number of nitrogens with zero attached hydrogens (tertiary/aromatic N) is 4. The monoisotopic (exact) mass is 386 g/mol. The summed E-state index contributed by atoms with van der Waals surface area (Å²) in [5.41, 5.74) is 0.732. The molecule has 2 aromatic rings. The van der Waals surface area contributed by atoms with E-state index in [1.54, 1.807) is 11.3 Å². The summed E-state index contributed by atoms with van der Waals surface area (Å²) in [5.74, 6) is 0.0704. The van der Waals surface area contributed by atoms with Crippen molar-refractivity contribution in [3.63, 3.8) is 0 Å². The number of aryl methyl sites for hydroxylation is 1. The predicted octanol–water partition coefficient (Wildman–Crippen LogP) is 2.63. The SMILES string of the molecule is Cc1nnsc1C(=O)N1CCN(Cc2ccc(Br)s2)CC1. The van der Waals surface area contributed by atoms with Crippen LogP contribution < -0.4 is 0 Å². The molecule has 0 aliphatic carbocycles. The molecule has 0 saturated carbocycles. The Morgan fingerprint density at radius 2 is 2.10 bits per heavy atom. The number of thiophene rings is 1. The zero-order chi connectivity index (χ0) is 14.8. The predicted molar refractivity (Wildman–Crippen MR) is 87.8 cm³/mol. The number of carbonyl (C=O) groups excluding carboxylic acids is 1. The number of aromatic nitrogens is 2. The quantitative estimate of drug-likeness (QED) is 0.813. The van der Waals surface area contributed by atoms with Crippen LogP contribution in [0.5, 0.6) is 0 Å².